The van der Waals surface area contributed by atoms with Crippen molar-refractivity contribution in [3.63, 3.8) is 0 Å². The molecule has 1 aliphatic carbocycles. The number of carbonyl (C=O) groups excluding carboxylic acids is 1. The number of benzene rings is 2. The lowest BCUT2D eigenvalue weighted by molar-refractivity contribution is 0.102. The van der Waals surface area contributed by atoms with Gasteiger partial charge in [-0.3, -0.25) is 4.79 Å². The van der Waals surface area contributed by atoms with Gasteiger partial charge >= 0.3 is 0 Å². The van der Waals surface area contributed by atoms with E-state index in [4.69, 9.17) is 16.6 Å². The highest BCUT2D eigenvalue weighted by atomic mass is 35.5. The number of nitrogens with one attached hydrogen (secondary N) is 1. The summed E-state index contributed by atoms with van der Waals surface area (Å²) < 4.78 is 0. The van der Waals surface area contributed by atoms with Gasteiger partial charge in [0, 0.05) is 33.1 Å². The second-order valence-electron chi connectivity index (χ2n) is 6.34. The van der Waals surface area contributed by atoms with Crippen molar-refractivity contribution in [1.82, 2.24) is 4.98 Å². The van der Waals surface area contributed by atoms with Gasteiger partial charge in [-0.2, -0.15) is 0 Å². The van der Waals surface area contributed by atoms with Crippen LogP contribution in [0.5, 0.6) is 0 Å². The molecule has 0 radical (unpaired) electrons. The lowest BCUT2D eigenvalue weighted by atomic mass is 10.1. The summed E-state index contributed by atoms with van der Waals surface area (Å²) >= 11 is 7.68. The minimum atomic E-state index is -0.131. The van der Waals surface area contributed by atoms with Crippen molar-refractivity contribution in [2.75, 3.05) is 5.32 Å². The molecule has 1 N–H and O–H groups in total. The molecule has 0 saturated heterocycles. The maximum absolute atomic E-state index is 12.4. The van der Waals surface area contributed by atoms with E-state index >= 15 is 0 Å². The van der Waals surface area contributed by atoms with Crippen LogP contribution < -0.4 is 5.32 Å². The summed E-state index contributed by atoms with van der Waals surface area (Å²) in [5, 5.41) is 6.92. The van der Waals surface area contributed by atoms with E-state index in [2.05, 4.69) is 10.7 Å². The second-order valence-corrected chi connectivity index (χ2v) is 7.66. The van der Waals surface area contributed by atoms with Gasteiger partial charge in [0.05, 0.1) is 10.7 Å². The van der Waals surface area contributed by atoms with Crippen LogP contribution in [0.3, 0.4) is 0 Å². The molecular formula is C20H17ClN2OS. The van der Waals surface area contributed by atoms with Crippen LogP contribution in [-0.4, -0.2) is 10.9 Å². The summed E-state index contributed by atoms with van der Waals surface area (Å²) in [5.74, 6) is 0.542. The van der Waals surface area contributed by atoms with E-state index in [1.54, 1.807) is 17.4 Å². The molecule has 2 aromatic carbocycles. The quantitative estimate of drug-likeness (QED) is 0.622. The van der Waals surface area contributed by atoms with Crippen LogP contribution in [0.4, 0.5) is 5.69 Å². The average Bonchev–Trinajstić information content (AvgIpc) is 3.34. The number of hydrogen-bond donors (Lipinski definition) is 1. The third kappa shape index (κ3) is 3.60. The Balaban J connectivity index is 1.49. The SMILES string of the molecule is Cc1cc(Cl)ccc1NC(=O)c1ccc(-c2csc(C3CC3)n2)cc1. The van der Waals surface area contributed by atoms with Gasteiger partial charge in [-0.1, -0.05) is 23.7 Å². The van der Waals surface area contributed by atoms with Crippen LogP contribution in [0.1, 0.15) is 39.7 Å². The number of anilines is 1. The first-order valence-corrected chi connectivity index (χ1v) is 9.49. The minimum absolute atomic E-state index is 0.131. The van der Waals surface area contributed by atoms with E-state index < -0.39 is 0 Å². The Kier molecular flexibility index (Phi) is 4.32. The smallest absolute Gasteiger partial charge is 0.255 e. The summed E-state index contributed by atoms with van der Waals surface area (Å²) in [5.41, 5.74) is 4.37. The molecule has 3 aromatic rings. The highest BCUT2D eigenvalue weighted by Crippen LogP contribution is 2.42. The summed E-state index contributed by atoms with van der Waals surface area (Å²) in [7, 11) is 0. The van der Waals surface area contributed by atoms with Crippen molar-refractivity contribution in [1.29, 1.82) is 0 Å². The summed E-state index contributed by atoms with van der Waals surface area (Å²) in [6.45, 7) is 1.92. The van der Waals surface area contributed by atoms with Crippen molar-refractivity contribution >= 4 is 34.5 Å². The molecule has 1 amide bonds. The number of rotatable bonds is 4. The summed E-state index contributed by atoms with van der Waals surface area (Å²) in [4.78, 5) is 17.2. The van der Waals surface area contributed by atoms with Crippen LogP contribution in [-0.2, 0) is 0 Å². The largest absolute Gasteiger partial charge is 0.322 e. The molecule has 1 heterocycles. The van der Waals surface area contributed by atoms with Gasteiger partial charge in [-0.15, -0.1) is 11.3 Å². The minimum Gasteiger partial charge on any atom is -0.322 e. The van der Waals surface area contributed by atoms with Crippen molar-refractivity contribution in [3.8, 4) is 11.3 Å². The molecule has 25 heavy (non-hydrogen) atoms. The van der Waals surface area contributed by atoms with E-state index in [0.29, 0.717) is 16.5 Å². The van der Waals surface area contributed by atoms with Gasteiger partial charge in [0.25, 0.3) is 5.91 Å². The maximum Gasteiger partial charge on any atom is 0.255 e. The lowest BCUT2D eigenvalue weighted by Gasteiger charge is -2.09. The van der Waals surface area contributed by atoms with Gasteiger partial charge < -0.3 is 5.32 Å². The molecule has 3 nitrogen and oxygen atoms in total. The van der Waals surface area contributed by atoms with Crippen LogP contribution in [0.2, 0.25) is 5.02 Å². The lowest BCUT2D eigenvalue weighted by Crippen LogP contribution is -2.12. The Morgan fingerprint density at radius 2 is 1.96 bits per heavy atom. The molecule has 4 rings (SSSR count). The van der Waals surface area contributed by atoms with Gasteiger partial charge in [0.1, 0.15) is 0 Å². The third-order valence-electron chi connectivity index (χ3n) is 4.33. The number of amides is 1. The number of hydrogen-bond acceptors (Lipinski definition) is 3. The fourth-order valence-electron chi connectivity index (χ4n) is 2.69. The number of nitrogens with zero attached hydrogens (tertiary/aromatic N) is 1. The summed E-state index contributed by atoms with van der Waals surface area (Å²) in [6, 6.07) is 13.0. The van der Waals surface area contributed by atoms with E-state index in [1.807, 2.05) is 43.3 Å². The molecule has 0 bridgehead atoms. The third-order valence-corrected chi connectivity index (χ3v) is 5.57. The van der Waals surface area contributed by atoms with Crippen LogP contribution >= 0.6 is 22.9 Å². The van der Waals surface area contributed by atoms with Crippen molar-refractivity contribution in [2.45, 2.75) is 25.7 Å². The summed E-state index contributed by atoms with van der Waals surface area (Å²) in [6.07, 6.45) is 2.52. The molecule has 1 saturated carbocycles. The van der Waals surface area contributed by atoms with E-state index in [-0.39, 0.29) is 5.91 Å². The monoisotopic (exact) mass is 368 g/mol. The molecule has 126 valence electrons. The average molecular weight is 369 g/mol. The Bertz CT molecular complexity index is 929. The Labute approximate surface area is 155 Å². The zero-order valence-corrected chi connectivity index (χ0v) is 15.3. The molecular weight excluding hydrogens is 352 g/mol. The van der Waals surface area contributed by atoms with Crippen molar-refractivity contribution < 1.29 is 4.79 Å². The van der Waals surface area contributed by atoms with Gasteiger partial charge in [-0.05, 0) is 55.7 Å². The van der Waals surface area contributed by atoms with Crippen LogP contribution in [0, 0.1) is 6.92 Å². The van der Waals surface area contributed by atoms with Crippen LogP contribution in [0.25, 0.3) is 11.3 Å². The standard InChI is InChI=1S/C20H17ClN2OS/c1-12-10-16(21)8-9-17(12)22-19(24)14-4-2-13(3-5-14)18-11-25-20(23-18)15-6-7-15/h2-5,8-11,15H,6-7H2,1H3,(H,22,24). The number of aromatic nitrogens is 1. The first-order chi connectivity index (χ1) is 12.1. The van der Waals surface area contributed by atoms with Gasteiger partial charge in [0.2, 0.25) is 0 Å². The fourth-order valence-corrected chi connectivity index (χ4v) is 3.92. The molecule has 0 spiro atoms. The van der Waals surface area contributed by atoms with Gasteiger partial charge in [-0.25, -0.2) is 4.98 Å². The predicted octanol–water partition coefficient (Wildman–Crippen LogP) is 5.90. The maximum atomic E-state index is 12.4. The van der Waals surface area contributed by atoms with E-state index in [0.717, 1.165) is 22.5 Å². The molecule has 1 aliphatic rings. The van der Waals surface area contributed by atoms with Crippen molar-refractivity contribution in [2.24, 2.45) is 0 Å². The van der Waals surface area contributed by atoms with Crippen LogP contribution in [0.15, 0.2) is 47.8 Å². The van der Waals surface area contributed by atoms with E-state index in [1.165, 1.54) is 17.8 Å². The molecule has 0 unspecified atom stereocenters. The Morgan fingerprint density at radius 3 is 2.64 bits per heavy atom. The first kappa shape index (κ1) is 16.3. The zero-order valence-electron chi connectivity index (χ0n) is 13.8. The van der Waals surface area contributed by atoms with Gasteiger partial charge in [0.15, 0.2) is 0 Å². The second kappa shape index (κ2) is 6.62. The fraction of sp³-hybridized carbons (Fsp3) is 0.200. The number of thiazole rings is 1. The first-order valence-electron chi connectivity index (χ1n) is 8.23. The Morgan fingerprint density at radius 1 is 1.20 bits per heavy atom. The Hall–Kier alpha value is -2.17. The predicted molar refractivity (Wildman–Crippen MR) is 104 cm³/mol. The number of carbonyl (C=O) groups is 1. The molecule has 0 atom stereocenters. The molecule has 1 fully saturated rings. The molecule has 0 aliphatic heterocycles. The highest BCUT2D eigenvalue weighted by molar-refractivity contribution is 7.10. The molecule has 5 heteroatoms. The number of halogens is 1. The zero-order chi connectivity index (χ0) is 17.4. The highest BCUT2D eigenvalue weighted by Gasteiger charge is 2.26. The number of aryl methyl sites for hydroxylation is 1. The molecule has 1 aromatic heterocycles. The normalized spacial score (nSPS) is 13.7. The van der Waals surface area contributed by atoms with Crippen molar-refractivity contribution in [3.05, 3.63) is 69.0 Å². The van der Waals surface area contributed by atoms with E-state index in [9.17, 15) is 4.79 Å². The topological polar surface area (TPSA) is 42.0 Å².